The summed E-state index contributed by atoms with van der Waals surface area (Å²) in [5.41, 5.74) is 5.83. The normalized spacial score (nSPS) is 20.2. The molecule has 0 aliphatic heterocycles. The van der Waals surface area contributed by atoms with Crippen LogP contribution in [0.25, 0.3) is 0 Å². The third-order valence-electron chi connectivity index (χ3n) is 4.34. The quantitative estimate of drug-likeness (QED) is 0.529. The zero-order valence-electron chi connectivity index (χ0n) is 13.2. The van der Waals surface area contributed by atoms with Crippen molar-refractivity contribution in [1.82, 2.24) is 0 Å². The third-order valence-corrected chi connectivity index (χ3v) is 4.34. The molecule has 1 N–H and O–H groups in total. The lowest BCUT2D eigenvalue weighted by atomic mass is 9.89. The first-order valence-corrected chi connectivity index (χ1v) is 8.17. The topological polar surface area (TPSA) is 37.3 Å². The number of aliphatic carboxylic acids is 1. The van der Waals surface area contributed by atoms with Gasteiger partial charge in [-0.05, 0) is 80.2 Å². The van der Waals surface area contributed by atoms with E-state index in [1.165, 1.54) is 35.1 Å². The van der Waals surface area contributed by atoms with Crippen molar-refractivity contribution >= 4 is 5.97 Å². The van der Waals surface area contributed by atoms with Gasteiger partial charge in [0.25, 0.3) is 0 Å². The second kappa shape index (κ2) is 7.44. The molecule has 0 radical (unpaired) electrons. The summed E-state index contributed by atoms with van der Waals surface area (Å²) in [7, 11) is 0. The molecular weight excluding hydrogens is 260 g/mol. The van der Waals surface area contributed by atoms with Crippen LogP contribution in [0.15, 0.2) is 46.1 Å². The fraction of sp³-hybridized carbons (Fsp3) is 0.526. The summed E-state index contributed by atoms with van der Waals surface area (Å²) in [5.74, 6) is -0.817. The molecule has 0 heterocycles. The molecule has 2 aliphatic rings. The average Bonchev–Trinajstić information content (AvgIpc) is 3.14. The maximum Gasteiger partial charge on any atom is 0.331 e. The van der Waals surface area contributed by atoms with Gasteiger partial charge in [-0.15, -0.1) is 0 Å². The number of hydrogen-bond donors (Lipinski definition) is 1. The van der Waals surface area contributed by atoms with Crippen LogP contribution in [0.5, 0.6) is 0 Å². The Morgan fingerprint density at radius 3 is 2.29 bits per heavy atom. The summed E-state index contributed by atoms with van der Waals surface area (Å²) in [4.78, 5) is 11.2. The van der Waals surface area contributed by atoms with Crippen molar-refractivity contribution in [2.75, 3.05) is 0 Å². The zero-order chi connectivity index (χ0) is 15.2. The van der Waals surface area contributed by atoms with Crippen molar-refractivity contribution in [3.05, 3.63) is 46.1 Å². The molecule has 0 saturated heterocycles. The Kier molecular flexibility index (Phi) is 5.60. The molecule has 0 unspecified atom stereocenters. The Balaban J connectivity index is 2.50. The van der Waals surface area contributed by atoms with E-state index in [4.69, 9.17) is 0 Å². The summed E-state index contributed by atoms with van der Waals surface area (Å²) in [6.45, 7) is 3.90. The minimum absolute atomic E-state index is 0.435. The zero-order valence-corrected chi connectivity index (χ0v) is 13.2. The predicted molar refractivity (Wildman–Crippen MR) is 87.2 cm³/mol. The van der Waals surface area contributed by atoms with Crippen molar-refractivity contribution in [3.8, 4) is 0 Å². The predicted octanol–water partition coefficient (Wildman–Crippen LogP) is 5.33. The van der Waals surface area contributed by atoms with Crippen LogP contribution < -0.4 is 0 Å². The van der Waals surface area contributed by atoms with E-state index in [1.807, 2.05) is 6.08 Å². The number of carboxylic acid groups (broad SMARTS) is 1. The standard InChI is InChI=1S/C19H26O2/c1-3-8-17(15-9-4-5-10-15)18(13-14(2)19(20)21)16-11-6-7-12-16/h9,11,13H,3-8,10,12H2,1-2H3,(H,20,21)/b14-13+,18-17+. The fourth-order valence-electron chi connectivity index (χ4n) is 3.23. The summed E-state index contributed by atoms with van der Waals surface area (Å²) in [5, 5.41) is 9.23. The monoisotopic (exact) mass is 286 g/mol. The second-order valence-corrected chi connectivity index (χ2v) is 6.02. The van der Waals surface area contributed by atoms with E-state index in [9.17, 15) is 9.90 Å². The number of allylic oxidation sites excluding steroid dienone is 7. The number of rotatable bonds is 6. The molecule has 0 aromatic carbocycles. The molecule has 0 atom stereocenters. The van der Waals surface area contributed by atoms with E-state index < -0.39 is 5.97 Å². The molecule has 2 rings (SSSR count). The third kappa shape index (κ3) is 3.96. The highest BCUT2D eigenvalue weighted by Gasteiger charge is 2.18. The van der Waals surface area contributed by atoms with Crippen LogP contribution in [0.4, 0.5) is 0 Å². The Morgan fingerprint density at radius 2 is 1.81 bits per heavy atom. The van der Waals surface area contributed by atoms with Gasteiger partial charge in [0.1, 0.15) is 0 Å². The molecule has 0 amide bonds. The fourth-order valence-corrected chi connectivity index (χ4v) is 3.23. The van der Waals surface area contributed by atoms with Gasteiger partial charge in [-0.1, -0.05) is 25.5 Å². The van der Waals surface area contributed by atoms with Crippen molar-refractivity contribution < 1.29 is 9.90 Å². The highest BCUT2D eigenvalue weighted by Crippen LogP contribution is 2.36. The smallest absolute Gasteiger partial charge is 0.331 e. The lowest BCUT2D eigenvalue weighted by Gasteiger charge is -2.16. The van der Waals surface area contributed by atoms with Gasteiger partial charge in [0.15, 0.2) is 0 Å². The van der Waals surface area contributed by atoms with Gasteiger partial charge in [0, 0.05) is 5.57 Å². The van der Waals surface area contributed by atoms with Crippen LogP contribution in [0, 0.1) is 0 Å². The summed E-state index contributed by atoms with van der Waals surface area (Å²) < 4.78 is 0. The molecule has 0 fully saturated rings. The van der Waals surface area contributed by atoms with Gasteiger partial charge in [0.2, 0.25) is 0 Å². The highest BCUT2D eigenvalue weighted by molar-refractivity contribution is 5.87. The van der Waals surface area contributed by atoms with Gasteiger partial charge in [-0.3, -0.25) is 0 Å². The average molecular weight is 286 g/mol. The Morgan fingerprint density at radius 1 is 1.19 bits per heavy atom. The van der Waals surface area contributed by atoms with Gasteiger partial charge in [-0.25, -0.2) is 4.79 Å². The van der Waals surface area contributed by atoms with Crippen molar-refractivity contribution in [2.45, 2.75) is 65.2 Å². The molecule has 0 bridgehead atoms. The minimum Gasteiger partial charge on any atom is -0.478 e. The van der Waals surface area contributed by atoms with Crippen LogP contribution in [-0.2, 0) is 4.79 Å². The number of carbonyl (C=O) groups is 1. The van der Waals surface area contributed by atoms with Crippen LogP contribution in [0.1, 0.15) is 65.2 Å². The maximum atomic E-state index is 11.2. The van der Waals surface area contributed by atoms with Gasteiger partial charge >= 0.3 is 5.97 Å². The molecule has 2 nitrogen and oxygen atoms in total. The molecule has 2 aliphatic carbocycles. The van der Waals surface area contributed by atoms with Crippen LogP contribution in [0.3, 0.4) is 0 Å². The second-order valence-electron chi connectivity index (χ2n) is 6.02. The van der Waals surface area contributed by atoms with E-state index in [0.717, 1.165) is 38.5 Å². The summed E-state index contributed by atoms with van der Waals surface area (Å²) >= 11 is 0. The van der Waals surface area contributed by atoms with Crippen LogP contribution in [-0.4, -0.2) is 11.1 Å². The van der Waals surface area contributed by atoms with Crippen molar-refractivity contribution in [2.24, 2.45) is 0 Å². The molecule has 0 saturated carbocycles. The molecule has 2 heteroatoms. The van der Waals surface area contributed by atoms with Gasteiger partial charge < -0.3 is 5.11 Å². The van der Waals surface area contributed by atoms with Crippen LogP contribution >= 0.6 is 0 Å². The molecule has 0 aromatic heterocycles. The first-order chi connectivity index (χ1) is 10.1. The Bertz CT molecular complexity index is 530. The largest absolute Gasteiger partial charge is 0.478 e. The minimum atomic E-state index is -0.817. The van der Waals surface area contributed by atoms with E-state index >= 15 is 0 Å². The van der Waals surface area contributed by atoms with Crippen molar-refractivity contribution in [1.29, 1.82) is 0 Å². The maximum absolute atomic E-state index is 11.2. The van der Waals surface area contributed by atoms with E-state index in [0.29, 0.717) is 5.57 Å². The van der Waals surface area contributed by atoms with Crippen LogP contribution in [0.2, 0.25) is 0 Å². The summed E-state index contributed by atoms with van der Waals surface area (Å²) in [6.07, 6.45) is 15.6. The van der Waals surface area contributed by atoms with E-state index in [2.05, 4.69) is 19.1 Å². The lowest BCUT2D eigenvalue weighted by molar-refractivity contribution is -0.132. The van der Waals surface area contributed by atoms with Gasteiger partial charge in [-0.2, -0.15) is 0 Å². The Hall–Kier alpha value is -1.57. The molecule has 0 spiro atoms. The van der Waals surface area contributed by atoms with E-state index in [1.54, 1.807) is 6.92 Å². The first kappa shape index (κ1) is 15.8. The highest BCUT2D eigenvalue weighted by atomic mass is 16.4. The SMILES string of the molecule is CCC/C(C1=CCCC1)=C(/C=C(\C)C(=O)O)C1=CCCC1. The molecular formula is C19H26O2. The molecule has 114 valence electrons. The lowest BCUT2D eigenvalue weighted by Crippen LogP contribution is -2.01. The molecule has 21 heavy (non-hydrogen) atoms. The Labute approximate surface area is 127 Å². The molecule has 0 aromatic rings. The van der Waals surface area contributed by atoms with E-state index in [-0.39, 0.29) is 0 Å². The first-order valence-electron chi connectivity index (χ1n) is 8.17. The van der Waals surface area contributed by atoms with Gasteiger partial charge in [0.05, 0.1) is 0 Å². The summed E-state index contributed by atoms with van der Waals surface area (Å²) in [6, 6.07) is 0. The van der Waals surface area contributed by atoms with Crippen molar-refractivity contribution in [3.63, 3.8) is 0 Å². The number of carboxylic acids is 1. The number of hydrogen-bond acceptors (Lipinski definition) is 1.